The molecule has 1 aliphatic heterocycles. The van der Waals surface area contributed by atoms with E-state index in [1.165, 1.54) is 5.56 Å². The summed E-state index contributed by atoms with van der Waals surface area (Å²) in [7, 11) is 0. The Morgan fingerprint density at radius 1 is 1.40 bits per heavy atom. The van der Waals surface area contributed by atoms with Gasteiger partial charge in [0.1, 0.15) is 0 Å². The molecule has 0 aliphatic carbocycles. The third-order valence-corrected chi connectivity index (χ3v) is 4.93. The van der Waals surface area contributed by atoms with Gasteiger partial charge in [0.15, 0.2) is 5.96 Å². The maximum absolute atomic E-state index is 11.9. The van der Waals surface area contributed by atoms with Crippen LogP contribution in [0.4, 0.5) is 5.69 Å². The van der Waals surface area contributed by atoms with Gasteiger partial charge in [-0.2, -0.15) is 0 Å². The number of guanidine groups is 1. The van der Waals surface area contributed by atoms with Gasteiger partial charge in [-0.3, -0.25) is 4.79 Å². The summed E-state index contributed by atoms with van der Waals surface area (Å²) < 4.78 is 0. The van der Waals surface area contributed by atoms with E-state index in [4.69, 9.17) is 0 Å². The Morgan fingerprint density at radius 3 is 3.00 bits per heavy atom. The van der Waals surface area contributed by atoms with Crippen molar-refractivity contribution in [1.29, 1.82) is 0 Å². The molecule has 3 N–H and O–H groups in total. The van der Waals surface area contributed by atoms with Gasteiger partial charge in [0, 0.05) is 42.2 Å². The molecule has 3 rings (SSSR count). The predicted octanol–water partition coefficient (Wildman–Crippen LogP) is 2.63. The Hall–Kier alpha value is -2.41. The molecule has 0 fully saturated rings. The highest BCUT2D eigenvalue weighted by atomic mass is 32.1. The second-order valence-corrected chi connectivity index (χ2v) is 7.28. The lowest BCUT2D eigenvalue weighted by molar-refractivity contribution is -0.116. The molecule has 1 aromatic carbocycles. The van der Waals surface area contributed by atoms with Gasteiger partial charge in [0.05, 0.1) is 11.6 Å². The average molecular weight is 357 g/mol. The fraction of sp³-hybridized carbons (Fsp3) is 0.389. The minimum Gasteiger partial charge on any atom is -0.357 e. The van der Waals surface area contributed by atoms with Crippen LogP contribution in [0.15, 0.2) is 35.5 Å². The van der Waals surface area contributed by atoms with Gasteiger partial charge in [0.25, 0.3) is 0 Å². The number of amides is 1. The summed E-state index contributed by atoms with van der Waals surface area (Å²) in [6.45, 7) is 6.08. The number of aliphatic imine (C=N–C) groups is 1. The number of nitrogens with one attached hydrogen (secondary N) is 3. The van der Waals surface area contributed by atoms with Crippen molar-refractivity contribution in [2.45, 2.75) is 32.7 Å². The Bertz CT molecular complexity index is 770. The number of benzene rings is 1. The van der Waals surface area contributed by atoms with Gasteiger partial charge in [-0.15, -0.1) is 11.3 Å². The second kappa shape index (κ2) is 8.11. The van der Waals surface area contributed by atoms with Gasteiger partial charge in [-0.1, -0.05) is 18.2 Å². The van der Waals surface area contributed by atoms with E-state index < -0.39 is 0 Å². The van der Waals surface area contributed by atoms with Crippen LogP contribution in [0.1, 0.15) is 34.7 Å². The number of hydrogen-bond donors (Lipinski definition) is 3. The molecule has 2 aromatic rings. The molecule has 1 aromatic heterocycles. The highest BCUT2D eigenvalue weighted by molar-refractivity contribution is 7.11. The SMILES string of the molecule is CCNC(=NCc1cnc(C)s1)NCC1CC(=O)Nc2ccccc21. The molecular formula is C18H23N5OS. The molecule has 7 heteroatoms. The van der Waals surface area contributed by atoms with Crippen LogP contribution in [-0.4, -0.2) is 29.9 Å². The number of anilines is 1. The van der Waals surface area contributed by atoms with Gasteiger partial charge in [-0.25, -0.2) is 9.98 Å². The topological polar surface area (TPSA) is 78.4 Å². The average Bonchev–Trinajstić information content (AvgIpc) is 3.02. The van der Waals surface area contributed by atoms with Crippen LogP contribution in [-0.2, 0) is 11.3 Å². The number of rotatable bonds is 5. The fourth-order valence-electron chi connectivity index (χ4n) is 2.88. The van der Waals surface area contributed by atoms with Crippen molar-refractivity contribution in [2.24, 2.45) is 4.99 Å². The molecule has 1 amide bonds. The number of hydrogen-bond acceptors (Lipinski definition) is 4. The lowest BCUT2D eigenvalue weighted by atomic mass is 9.90. The molecule has 0 saturated heterocycles. The number of carbonyl (C=O) groups is 1. The normalized spacial score (nSPS) is 17.0. The predicted molar refractivity (Wildman–Crippen MR) is 102 cm³/mol. The summed E-state index contributed by atoms with van der Waals surface area (Å²) >= 11 is 1.66. The van der Waals surface area contributed by atoms with Gasteiger partial charge < -0.3 is 16.0 Å². The van der Waals surface area contributed by atoms with E-state index >= 15 is 0 Å². The fourth-order valence-corrected chi connectivity index (χ4v) is 3.60. The van der Waals surface area contributed by atoms with Crippen LogP contribution in [0.3, 0.4) is 0 Å². The molecule has 6 nitrogen and oxygen atoms in total. The number of para-hydroxylation sites is 1. The van der Waals surface area contributed by atoms with Crippen molar-refractivity contribution < 1.29 is 4.79 Å². The van der Waals surface area contributed by atoms with Crippen molar-refractivity contribution >= 4 is 28.9 Å². The summed E-state index contributed by atoms with van der Waals surface area (Å²) in [6, 6.07) is 7.97. The molecule has 0 radical (unpaired) electrons. The number of aryl methyl sites for hydroxylation is 1. The van der Waals surface area contributed by atoms with Crippen molar-refractivity contribution in [3.8, 4) is 0 Å². The Kier molecular flexibility index (Phi) is 5.65. The Labute approximate surface area is 151 Å². The van der Waals surface area contributed by atoms with Crippen LogP contribution in [0, 0.1) is 6.92 Å². The summed E-state index contributed by atoms with van der Waals surface area (Å²) in [6.07, 6.45) is 2.35. The number of carbonyl (C=O) groups excluding carboxylic acids is 1. The zero-order valence-corrected chi connectivity index (χ0v) is 15.3. The van der Waals surface area contributed by atoms with Crippen LogP contribution >= 0.6 is 11.3 Å². The largest absolute Gasteiger partial charge is 0.357 e. The molecule has 2 heterocycles. The molecule has 1 aliphatic rings. The van der Waals surface area contributed by atoms with E-state index in [9.17, 15) is 4.79 Å². The second-order valence-electron chi connectivity index (χ2n) is 5.96. The summed E-state index contributed by atoms with van der Waals surface area (Å²) in [5.74, 6) is 0.962. The highest BCUT2D eigenvalue weighted by Gasteiger charge is 2.24. The standard InChI is InChI=1S/C18H23N5OS/c1-3-19-18(22-11-14-10-20-12(2)25-14)21-9-13-8-17(24)23-16-7-5-4-6-15(13)16/h4-7,10,13H,3,8-9,11H2,1-2H3,(H,23,24)(H2,19,21,22). The lowest BCUT2D eigenvalue weighted by Gasteiger charge is -2.26. The van der Waals surface area contributed by atoms with Crippen molar-refractivity contribution in [1.82, 2.24) is 15.6 Å². The van der Waals surface area contributed by atoms with Gasteiger partial charge in [0.2, 0.25) is 5.91 Å². The van der Waals surface area contributed by atoms with E-state index in [1.54, 1.807) is 11.3 Å². The molecule has 0 saturated carbocycles. The highest BCUT2D eigenvalue weighted by Crippen LogP contribution is 2.31. The number of thiazole rings is 1. The molecule has 0 bridgehead atoms. The molecule has 25 heavy (non-hydrogen) atoms. The number of nitrogens with zero attached hydrogens (tertiary/aromatic N) is 2. The van der Waals surface area contributed by atoms with E-state index in [1.807, 2.05) is 38.2 Å². The van der Waals surface area contributed by atoms with E-state index in [0.717, 1.165) is 28.1 Å². The van der Waals surface area contributed by atoms with Crippen LogP contribution in [0.2, 0.25) is 0 Å². The van der Waals surface area contributed by atoms with Crippen molar-refractivity contribution in [3.05, 3.63) is 45.9 Å². The smallest absolute Gasteiger partial charge is 0.225 e. The van der Waals surface area contributed by atoms with E-state index in [2.05, 4.69) is 32.0 Å². The first-order valence-electron chi connectivity index (χ1n) is 8.48. The van der Waals surface area contributed by atoms with Crippen molar-refractivity contribution in [3.63, 3.8) is 0 Å². The number of fused-ring (bicyclic) bond motifs is 1. The van der Waals surface area contributed by atoms with Gasteiger partial charge in [-0.05, 0) is 25.5 Å². The first-order valence-corrected chi connectivity index (χ1v) is 9.29. The third-order valence-electron chi connectivity index (χ3n) is 4.03. The van der Waals surface area contributed by atoms with Crippen LogP contribution in [0.5, 0.6) is 0 Å². The summed E-state index contributed by atoms with van der Waals surface area (Å²) in [5, 5.41) is 10.6. The van der Waals surface area contributed by atoms with Crippen LogP contribution in [0.25, 0.3) is 0 Å². The maximum atomic E-state index is 11.9. The van der Waals surface area contributed by atoms with E-state index in [0.29, 0.717) is 19.5 Å². The first kappa shape index (κ1) is 17.4. The zero-order valence-electron chi connectivity index (χ0n) is 14.5. The van der Waals surface area contributed by atoms with Crippen molar-refractivity contribution in [2.75, 3.05) is 18.4 Å². The monoisotopic (exact) mass is 357 g/mol. The lowest BCUT2D eigenvalue weighted by Crippen LogP contribution is -2.40. The number of aromatic nitrogens is 1. The Balaban J connectivity index is 1.66. The molecule has 1 atom stereocenters. The molecule has 132 valence electrons. The minimum atomic E-state index is 0.0626. The third kappa shape index (κ3) is 4.57. The molecule has 1 unspecified atom stereocenters. The quantitative estimate of drug-likeness (QED) is 0.568. The molecular weight excluding hydrogens is 334 g/mol. The zero-order chi connectivity index (χ0) is 17.6. The van der Waals surface area contributed by atoms with Crippen LogP contribution < -0.4 is 16.0 Å². The first-order chi connectivity index (χ1) is 12.2. The summed E-state index contributed by atoms with van der Waals surface area (Å²) in [5.41, 5.74) is 2.08. The maximum Gasteiger partial charge on any atom is 0.225 e. The Morgan fingerprint density at radius 2 is 2.24 bits per heavy atom. The molecule has 0 spiro atoms. The van der Waals surface area contributed by atoms with E-state index in [-0.39, 0.29) is 11.8 Å². The minimum absolute atomic E-state index is 0.0626. The van der Waals surface area contributed by atoms with Gasteiger partial charge >= 0.3 is 0 Å². The summed E-state index contributed by atoms with van der Waals surface area (Å²) in [4.78, 5) is 21.9.